The van der Waals surface area contributed by atoms with Crippen LogP contribution in [0.5, 0.6) is 0 Å². The molecule has 11 heteroatoms. The second-order valence-electron chi connectivity index (χ2n) is 8.04. The molecule has 0 spiro atoms. The molecular weight excluding hydrogens is 478 g/mol. The number of benzene rings is 2. The minimum atomic E-state index is -5.08. The van der Waals surface area contributed by atoms with E-state index in [1.54, 1.807) is 24.5 Å². The van der Waals surface area contributed by atoms with Crippen LogP contribution in [0.4, 0.5) is 17.6 Å². The van der Waals surface area contributed by atoms with Gasteiger partial charge in [0.15, 0.2) is 9.84 Å². The van der Waals surface area contributed by atoms with Crippen molar-refractivity contribution in [3.05, 3.63) is 77.8 Å². The summed E-state index contributed by atoms with van der Waals surface area (Å²) < 4.78 is 76.3. The van der Waals surface area contributed by atoms with Crippen molar-refractivity contribution in [3.63, 3.8) is 0 Å². The van der Waals surface area contributed by atoms with Gasteiger partial charge in [-0.15, -0.1) is 0 Å². The highest BCUT2D eigenvalue weighted by Gasteiger charge is 2.50. The van der Waals surface area contributed by atoms with Gasteiger partial charge in [-0.1, -0.05) is 12.1 Å². The number of halogens is 4. The Labute approximate surface area is 192 Å². The summed E-state index contributed by atoms with van der Waals surface area (Å²) in [6.07, 6.45) is -3.47. The minimum absolute atomic E-state index is 0.0413. The lowest BCUT2D eigenvalue weighted by Crippen LogP contribution is -2.25. The Hall–Kier alpha value is -3.18. The number of carboxylic acid groups (broad SMARTS) is 1. The third kappa shape index (κ3) is 4.71. The molecule has 0 amide bonds. The summed E-state index contributed by atoms with van der Waals surface area (Å²) in [5.74, 6) is -2.33. The smallest absolute Gasteiger partial charge is 0.475 e. The maximum absolute atomic E-state index is 13.1. The maximum Gasteiger partial charge on any atom is 0.490 e. The number of sulfone groups is 1. The number of carbonyl (C=O) groups is 1. The molecule has 2 unspecified atom stereocenters. The molecule has 0 radical (unpaired) electrons. The zero-order valence-electron chi connectivity index (χ0n) is 17.5. The van der Waals surface area contributed by atoms with Crippen molar-refractivity contribution in [3.8, 4) is 11.3 Å². The third-order valence-electron chi connectivity index (χ3n) is 5.82. The van der Waals surface area contributed by atoms with Crippen molar-refractivity contribution < 1.29 is 40.3 Å². The van der Waals surface area contributed by atoms with E-state index in [2.05, 4.69) is 4.90 Å². The van der Waals surface area contributed by atoms with Crippen molar-refractivity contribution in [1.82, 2.24) is 4.90 Å². The molecule has 0 bridgehead atoms. The molecule has 180 valence electrons. The van der Waals surface area contributed by atoms with Crippen LogP contribution in [-0.4, -0.2) is 48.9 Å². The van der Waals surface area contributed by atoms with Crippen LogP contribution in [-0.2, 0) is 21.2 Å². The second kappa shape index (κ2) is 8.88. The molecular formula is C23H19F4NO5S. The summed E-state index contributed by atoms with van der Waals surface area (Å²) in [5, 5.41) is 6.71. The topological polar surface area (TPSA) is 87.8 Å². The van der Waals surface area contributed by atoms with Gasteiger partial charge >= 0.3 is 12.1 Å². The molecule has 1 aromatic heterocycles. The van der Waals surface area contributed by atoms with Gasteiger partial charge in [-0.2, -0.15) is 13.2 Å². The first-order chi connectivity index (χ1) is 16.0. The highest BCUT2D eigenvalue weighted by atomic mass is 32.2. The first kappa shape index (κ1) is 24.0. The number of nitrogens with zero attached hydrogens (tertiary/aromatic N) is 1. The molecule has 2 aliphatic rings. The number of fused-ring (bicyclic) bond motifs is 3. The zero-order chi connectivity index (χ0) is 24.7. The molecule has 6 nitrogen and oxygen atoms in total. The van der Waals surface area contributed by atoms with Crippen LogP contribution in [0.15, 0.2) is 70.2 Å². The highest BCUT2D eigenvalue weighted by Crippen LogP contribution is 2.46. The Morgan fingerprint density at radius 1 is 1.09 bits per heavy atom. The first-order valence-electron chi connectivity index (χ1n) is 10.2. The van der Waals surface area contributed by atoms with Gasteiger partial charge in [0, 0.05) is 31.1 Å². The van der Waals surface area contributed by atoms with E-state index in [0.717, 1.165) is 22.5 Å². The summed E-state index contributed by atoms with van der Waals surface area (Å²) in [4.78, 5) is 11.5. The molecule has 1 fully saturated rings. The van der Waals surface area contributed by atoms with Gasteiger partial charge in [-0.05, 0) is 53.6 Å². The van der Waals surface area contributed by atoms with E-state index in [9.17, 15) is 26.0 Å². The average molecular weight is 497 g/mol. The minimum Gasteiger partial charge on any atom is -0.475 e. The van der Waals surface area contributed by atoms with E-state index >= 15 is 0 Å². The van der Waals surface area contributed by atoms with Crippen LogP contribution in [0.3, 0.4) is 0 Å². The molecule has 2 aliphatic heterocycles. The first-order valence-corrected chi connectivity index (χ1v) is 11.7. The van der Waals surface area contributed by atoms with E-state index in [4.69, 9.17) is 14.3 Å². The van der Waals surface area contributed by atoms with E-state index in [-0.39, 0.29) is 11.7 Å². The molecule has 1 N–H and O–H groups in total. The van der Waals surface area contributed by atoms with Crippen molar-refractivity contribution in [1.29, 1.82) is 0 Å². The van der Waals surface area contributed by atoms with Gasteiger partial charge in [0.1, 0.15) is 11.6 Å². The van der Waals surface area contributed by atoms with E-state index in [1.165, 1.54) is 12.1 Å². The van der Waals surface area contributed by atoms with Crippen LogP contribution in [0.2, 0.25) is 0 Å². The summed E-state index contributed by atoms with van der Waals surface area (Å²) in [5.41, 5.74) is 2.76. The number of furan rings is 1. The van der Waals surface area contributed by atoms with Gasteiger partial charge in [0.25, 0.3) is 0 Å². The fourth-order valence-corrected chi connectivity index (χ4v) is 6.49. The lowest BCUT2D eigenvalue weighted by molar-refractivity contribution is -0.192. The fourth-order valence-electron chi connectivity index (χ4n) is 4.30. The van der Waals surface area contributed by atoms with E-state index in [1.807, 2.05) is 24.3 Å². The molecule has 3 heterocycles. The Bertz CT molecular complexity index is 1290. The molecule has 34 heavy (non-hydrogen) atoms. The highest BCUT2D eigenvalue weighted by molar-refractivity contribution is 7.92. The van der Waals surface area contributed by atoms with Crippen molar-refractivity contribution in [2.24, 2.45) is 0 Å². The Morgan fingerprint density at radius 3 is 2.35 bits per heavy atom. The molecule has 2 aromatic carbocycles. The molecule has 0 saturated carbocycles. The normalized spacial score (nSPS) is 20.8. The predicted octanol–water partition coefficient (Wildman–Crippen LogP) is 4.47. The van der Waals surface area contributed by atoms with E-state index < -0.39 is 27.2 Å². The predicted molar refractivity (Wildman–Crippen MR) is 113 cm³/mol. The quantitative estimate of drug-likeness (QED) is 0.537. The number of likely N-dealkylation sites (tertiary alicyclic amines) is 1. The van der Waals surface area contributed by atoms with Gasteiger partial charge < -0.3 is 9.52 Å². The van der Waals surface area contributed by atoms with Crippen molar-refractivity contribution >= 4 is 15.8 Å². The largest absolute Gasteiger partial charge is 0.490 e. The molecule has 2 atom stereocenters. The van der Waals surface area contributed by atoms with Crippen LogP contribution in [0.25, 0.3) is 11.3 Å². The molecule has 0 aliphatic carbocycles. The third-order valence-corrected chi connectivity index (χ3v) is 8.08. The number of alkyl halides is 3. The lowest BCUT2D eigenvalue weighted by atomic mass is 9.96. The molecule has 5 rings (SSSR count). The zero-order valence-corrected chi connectivity index (χ0v) is 18.3. The maximum atomic E-state index is 13.1. The summed E-state index contributed by atoms with van der Waals surface area (Å²) in [6, 6.07) is 15.6. The molecule has 1 saturated heterocycles. The summed E-state index contributed by atoms with van der Waals surface area (Å²) in [6.45, 7) is 1.79. The second-order valence-corrected chi connectivity index (χ2v) is 10.2. The standard InChI is InChI=1S/C21H18FNO3S.C2HF3O2/c22-16-6-3-14(4-7-16)11-23-12-18-17-10-15(19-2-1-9-26-19)5-8-20(17)27(24,25)21(18)13-23;3-2(4,5)1(6)7/h1-10,18,21H,11-13H2;(H,6,7). The SMILES string of the molecule is O=C(O)C(F)(F)F.O=S1(=O)c2ccc(-c3ccco3)cc2C2CN(Cc3ccc(F)cc3)CC21. The van der Waals surface area contributed by atoms with E-state index in [0.29, 0.717) is 24.5 Å². The average Bonchev–Trinajstić information content (AvgIpc) is 3.48. The molecule has 3 aromatic rings. The van der Waals surface area contributed by atoms with Crippen molar-refractivity contribution in [2.75, 3.05) is 13.1 Å². The van der Waals surface area contributed by atoms with Crippen LogP contribution < -0.4 is 0 Å². The Balaban J connectivity index is 0.000000344. The van der Waals surface area contributed by atoms with Crippen LogP contribution in [0.1, 0.15) is 17.0 Å². The monoisotopic (exact) mass is 497 g/mol. The van der Waals surface area contributed by atoms with Gasteiger partial charge in [0.05, 0.1) is 16.4 Å². The van der Waals surface area contributed by atoms with Gasteiger partial charge in [0.2, 0.25) is 0 Å². The number of hydrogen-bond donors (Lipinski definition) is 1. The number of aliphatic carboxylic acids is 1. The van der Waals surface area contributed by atoms with Crippen LogP contribution in [0, 0.1) is 5.82 Å². The van der Waals surface area contributed by atoms with Crippen LogP contribution >= 0.6 is 0 Å². The number of carboxylic acids is 1. The number of rotatable bonds is 3. The summed E-state index contributed by atoms with van der Waals surface area (Å²) in [7, 11) is -3.33. The summed E-state index contributed by atoms with van der Waals surface area (Å²) >= 11 is 0. The van der Waals surface area contributed by atoms with Gasteiger partial charge in [-0.25, -0.2) is 17.6 Å². The fraction of sp³-hybridized carbons (Fsp3) is 0.261. The van der Waals surface area contributed by atoms with Gasteiger partial charge in [-0.3, -0.25) is 4.90 Å². The lowest BCUT2D eigenvalue weighted by Gasteiger charge is -2.17. The Kier molecular flexibility index (Phi) is 6.26. The number of hydrogen-bond acceptors (Lipinski definition) is 5. The van der Waals surface area contributed by atoms with Crippen molar-refractivity contribution in [2.45, 2.75) is 28.8 Å². The Morgan fingerprint density at radius 2 is 1.76 bits per heavy atom.